The fourth-order valence-corrected chi connectivity index (χ4v) is 2.46. The van der Waals surface area contributed by atoms with Gasteiger partial charge >= 0.3 is 11.9 Å². The molecule has 0 saturated heterocycles. The number of anilines is 1. The Morgan fingerprint density at radius 3 is 2.14 bits per heavy atom. The number of halogens is 2. The molecule has 0 fully saturated rings. The molecule has 0 saturated carbocycles. The summed E-state index contributed by atoms with van der Waals surface area (Å²) in [6.07, 6.45) is 1.36. The Kier molecular flexibility index (Phi) is 7.99. The van der Waals surface area contributed by atoms with Gasteiger partial charge in [-0.1, -0.05) is 34.4 Å². The van der Waals surface area contributed by atoms with E-state index in [9.17, 15) is 14.4 Å². The van der Waals surface area contributed by atoms with Crippen molar-refractivity contribution in [2.45, 2.75) is 0 Å². The second-order valence-corrected chi connectivity index (χ2v) is 6.33. The van der Waals surface area contributed by atoms with Crippen molar-refractivity contribution in [3.05, 3.63) is 63.1 Å². The van der Waals surface area contributed by atoms with Gasteiger partial charge in [0.25, 0.3) is 5.91 Å². The zero-order valence-corrected chi connectivity index (χ0v) is 16.9. The Bertz CT molecular complexity index is 927. The predicted molar refractivity (Wildman–Crippen MR) is 108 cm³/mol. The summed E-state index contributed by atoms with van der Waals surface area (Å²) in [7, 11) is 2.40. The maximum atomic E-state index is 12.0. The molecule has 0 aliphatic heterocycles. The molecule has 0 aromatic heterocycles. The molecule has 10 heteroatoms. The van der Waals surface area contributed by atoms with Crippen molar-refractivity contribution in [2.75, 3.05) is 26.1 Å². The van der Waals surface area contributed by atoms with Gasteiger partial charge in [0, 0.05) is 5.69 Å². The van der Waals surface area contributed by atoms with E-state index >= 15 is 0 Å². The number of hydrogen-bond donors (Lipinski definition) is 1. The first kappa shape index (κ1) is 22.2. The molecule has 0 bridgehead atoms. The van der Waals surface area contributed by atoms with E-state index in [1.807, 2.05) is 0 Å². The summed E-state index contributed by atoms with van der Waals surface area (Å²) in [4.78, 5) is 40.5. The lowest BCUT2D eigenvalue weighted by molar-refractivity contribution is -0.120. The highest BCUT2D eigenvalue weighted by atomic mass is 35.5. The second kappa shape index (κ2) is 10.4. The molecule has 0 unspecified atom stereocenters. The third-order valence-corrected chi connectivity index (χ3v) is 4.21. The van der Waals surface area contributed by atoms with Crippen LogP contribution in [0, 0.1) is 0 Å². The monoisotopic (exact) mass is 438 g/mol. The van der Waals surface area contributed by atoms with Crippen molar-refractivity contribution in [2.24, 2.45) is 5.16 Å². The number of ether oxygens (including phenoxy) is 2. The van der Waals surface area contributed by atoms with Crippen LogP contribution in [0.3, 0.4) is 0 Å². The largest absolute Gasteiger partial charge is 0.465 e. The number of benzene rings is 2. The Morgan fingerprint density at radius 1 is 0.966 bits per heavy atom. The van der Waals surface area contributed by atoms with Crippen LogP contribution in [-0.2, 0) is 19.1 Å². The molecule has 2 rings (SSSR count). The first-order valence-corrected chi connectivity index (χ1v) is 8.81. The minimum absolute atomic E-state index is 0.0734. The van der Waals surface area contributed by atoms with E-state index in [2.05, 4.69) is 19.9 Å². The van der Waals surface area contributed by atoms with Gasteiger partial charge in [0.15, 0.2) is 6.61 Å². The highest BCUT2D eigenvalue weighted by molar-refractivity contribution is 6.42. The van der Waals surface area contributed by atoms with Gasteiger partial charge in [-0.25, -0.2) is 9.59 Å². The summed E-state index contributed by atoms with van der Waals surface area (Å²) in [5, 5.41) is 6.95. The summed E-state index contributed by atoms with van der Waals surface area (Å²) in [6, 6.07) is 8.87. The highest BCUT2D eigenvalue weighted by Gasteiger charge is 2.15. The minimum atomic E-state index is -0.672. The van der Waals surface area contributed by atoms with Crippen LogP contribution in [0.2, 0.25) is 10.0 Å². The molecular formula is C19H16Cl2N2O6. The molecule has 152 valence electrons. The molecule has 0 aliphatic rings. The SMILES string of the molecule is COC(=O)c1cc(NC(=O)CO/N=C/c2ccc(Cl)c(Cl)c2)cc(C(=O)OC)c1. The fraction of sp³-hybridized carbons (Fsp3) is 0.158. The third-order valence-electron chi connectivity index (χ3n) is 3.47. The third kappa shape index (κ3) is 6.48. The molecule has 0 atom stereocenters. The van der Waals surface area contributed by atoms with Gasteiger partial charge in [0.05, 0.1) is 41.6 Å². The number of carbonyl (C=O) groups excluding carboxylic acids is 3. The molecule has 8 nitrogen and oxygen atoms in total. The lowest BCUT2D eigenvalue weighted by Gasteiger charge is -2.09. The summed E-state index contributed by atoms with van der Waals surface area (Å²) in [5.41, 5.74) is 0.970. The molecule has 0 heterocycles. The molecule has 29 heavy (non-hydrogen) atoms. The lowest BCUT2D eigenvalue weighted by atomic mass is 10.1. The number of amides is 1. The van der Waals surface area contributed by atoms with E-state index in [-0.39, 0.29) is 16.8 Å². The molecule has 2 aromatic carbocycles. The summed E-state index contributed by atoms with van der Waals surface area (Å²) in [6.45, 7) is -0.409. The van der Waals surface area contributed by atoms with Gasteiger partial charge in [0.2, 0.25) is 0 Å². The van der Waals surface area contributed by atoms with Crippen LogP contribution in [0.1, 0.15) is 26.3 Å². The van der Waals surface area contributed by atoms with Crippen LogP contribution in [0.25, 0.3) is 0 Å². The maximum absolute atomic E-state index is 12.0. The maximum Gasteiger partial charge on any atom is 0.337 e. The normalized spacial score (nSPS) is 10.5. The molecule has 1 amide bonds. The zero-order valence-electron chi connectivity index (χ0n) is 15.4. The average Bonchev–Trinajstić information content (AvgIpc) is 2.72. The zero-order chi connectivity index (χ0) is 21.4. The van der Waals surface area contributed by atoms with Gasteiger partial charge in [0.1, 0.15) is 0 Å². The van der Waals surface area contributed by atoms with Crippen molar-refractivity contribution >= 4 is 52.9 Å². The van der Waals surface area contributed by atoms with E-state index in [1.54, 1.807) is 18.2 Å². The van der Waals surface area contributed by atoms with Crippen LogP contribution >= 0.6 is 23.2 Å². The van der Waals surface area contributed by atoms with E-state index in [0.717, 1.165) is 0 Å². The van der Waals surface area contributed by atoms with Crippen LogP contribution in [0.5, 0.6) is 0 Å². The Labute approximate surface area is 176 Å². The Balaban J connectivity index is 2.01. The molecular weight excluding hydrogens is 423 g/mol. The molecule has 0 spiro atoms. The first-order chi connectivity index (χ1) is 13.8. The Morgan fingerprint density at radius 2 is 1.59 bits per heavy atom. The smallest absolute Gasteiger partial charge is 0.337 e. The number of oxime groups is 1. The van der Waals surface area contributed by atoms with Crippen LogP contribution in [0.15, 0.2) is 41.6 Å². The van der Waals surface area contributed by atoms with E-state index < -0.39 is 24.5 Å². The van der Waals surface area contributed by atoms with Crippen molar-refractivity contribution in [1.82, 2.24) is 0 Å². The number of hydrogen-bond acceptors (Lipinski definition) is 7. The number of methoxy groups -OCH3 is 2. The topological polar surface area (TPSA) is 103 Å². The minimum Gasteiger partial charge on any atom is -0.465 e. The van der Waals surface area contributed by atoms with Crippen molar-refractivity contribution in [1.29, 1.82) is 0 Å². The summed E-state index contributed by atoms with van der Waals surface area (Å²) in [5.74, 6) is -1.91. The van der Waals surface area contributed by atoms with Gasteiger partial charge in [-0.15, -0.1) is 0 Å². The van der Waals surface area contributed by atoms with Crippen LogP contribution < -0.4 is 5.32 Å². The first-order valence-electron chi connectivity index (χ1n) is 8.06. The van der Waals surface area contributed by atoms with Crippen molar-refractivity contribution in [3.8, 4) is 0 Å². The molecule has 2 aromatic rings. The van der Waals surface area contributed by atoms with Gasteiger partial charge in [-0.2, -0.15) is 0 Å². The van der Waals surface area contributed by atoms with Gasteiger partial charge in [-0.05, 0) is 35.9 Å². The Hall–Kier alpha value is -3.10. The van der Waals surface area contributed by atoms with E-state index in [4.69, 9.17) is 28.0 Å². The molecule has 1 N–H and O–H groups in total. The van der Waals surface area contributed by atoms with Gasteiger partial charge in [-0.3, -0.25) is 4.79 Å². The number of nitrogens with one attached hydrogen (secondary N) is 1. The standard InChI is InChI=1S/C19H16Cl2N2O6/c1-27-18(25)12-6-13(19(26)28-2)8-14(7-12)23-17(24)10-29-22-9-11-3-4-15(20)16(21)5-11/h3-9H,10H2,1-2H3,(H,23,24)/b22-9+. The lowest BCUT2D eigenvalue weighted by Crippen LogP contribution is -2.18. The predicted octanol–water partition coefficient (Wildman–Crippen LogP) is 3.56. The summed E-state index contributed by atoms with van der Waals surface area (Å²) >= 11 is 11.7. The van der Waals surface area contributed by atoms with Crippen molar-refractivity contribution < 1.29 is 28.7 Å². The molecule has 0 aliphatic carbocycles. The van der Waals surface area contributed by atoms with E-state index in [0.29, 0.717) is 15.6 Å². The fourth-order valence-electron chi connectivity index (χ4n) is 2.15. The van der Waals surface area contributed by atoms with Crippen molar-refractivity contribution in [3.63, 3.8) is 0 Å². The second-order valence-electron chi connectivity index (χ2n) is 5.51. The number of esters is 2. The van der Waals surface area contributed by atoms with Gasteiger partial charge < -0.3 is 19.6 Å². The number of carbonyl (C=O) groups is 3. The average molecular weight is 439 g/mol. The quantitative estimate of drug-likeness (QED) is 0.402. The highest BCUT2D eigenvalue weighted by Crippen LogP contribution is 2.22. The number of nitrogens with zero attached hydrogens (tertiary/aromatic N) is 1. The summed E-state index contributed by atoms with van der Waals surface area (Å²) < 4.78 is 9.27. The van der Waals surface area contributed by atoms with Crippen LogP contribution in [0.4, 0.5) is 5.69 Å². The molecule has 0 radical (unpaired) electrons. The van der Waals surface area contributed by atoms with Crippen LogP contribution in [-0.4, -0.2) is 44.9 Å². The van der Waals surface area contributed by atoms with E-state index in [1.165, 1.54) is 38.6 Å². The number of rotatable bonds is 7.